The normalized spacial score (nSPS) is 11.5. The van der Waals surface area contributed by atoms with E-state index in [1.807, 2.05) is 13.0 Å². The molecule has 0 bridgehead atoms. The van der Waals surface area contributed by atoms with Gasteiger partial charge in [-0.25, -0.2) is 0 Å². The van der Waals surface area contributed by atoms with Crippen molar-refractivity contribution < 1.29 is 5.11 Å². The number of rotatable bonds is 0. The first-order valence-corrected chi connectivity index (χ1v) is 5.79. The lowest BCUT2D eigenvalue weighted by Gasteiger charge is -2.01. The van der Waals surface area contributed by atoms with Crippen molar-refractivity contribution in [3.8, 4) is 5.75 Å². The summed E-state index contributed by atoms with van der Waals surface area (Å²) < 4.78 is 0. The van der Waals surface area contributed by atoms with Crippen LogP contribution in [-0.2, 0) is 0 Å². The Labute approximate surface area is 99.9 Å². The molecule has 0 aliphatic rings. The molecule has 1 heterocycles. The molecule has 3 aromatic rings. The van der Waals surface area contributed by atoms with Gasteiger partial charge in [0, 0.05) is 16.3 Å². The third-order valence-corrected chi connectivity index (χ3v) is 3.39. The van der Waals surface area contributed by atoms with E-state index in [1.165, 1.54) is 16.5 Å². The predicted octanol–water partition coefficient (Wildman–Crippen LogP) is 3.95. The number of aromatic hydroxyl groups is 1. The molecule has 3 rings (SSSR count). The molecule has 0 radical (unpaired) electrons. The van der Waals surface area contributed by atoms with E-state index in [0.717, 1.165) is 22.0 Å². The summed E-state index contributed by atoms with van der Waals surface area (Å²) in [6.07, 6.45) is 0. The largest absolute Gasteiger partial charge is 0.505 e. The van der Waals surface area contributed by atoms with Gasteiger partial charge < -0.3 is 10.1 Å². The van der Waals surface area contributed by atoms with Crippen molar-refractivity contribution in [2.75, 3.05) is 0 Å². The highest BCUT2D eigenvalue weighted by Gasteiger charge is 2.11. The number of aryl methyl sites for hydroxylation is 3. The first kappa shape index (κ1) is 10.2. The Morgan fingerprint density at radius 3 is 2.53 bits per heavy atom. The predicted molar refractivity (Wildman–Crippen MR) is 71.7 cm³/mol. The molecule has 0 amide bonds. The number of aromatic nitrogens is 1. The maximum absolute atomic E-state index is 10.1. The van der Waals surface area contributed by atoms with Gasteiger partial charge in [0.2, 0.25) is 0 Å². The van der Waals surface area contributed by atoms with Crippen LogP contribution in [0.3, 0.4) is 0 Å². The minimum Gasteiger partial charge on any atom is -0.505 e. The van der Waals surface area contributed by atoms with Gasteiger partial charge >= 0.3 is 0 Å². The Hall–Kier alpha value is -1.96. The van der Waals surface area contributed by atoms with Gasteiger partial charge in [0.15, 0.2) is 0 Å². The van der Waals surface area contributed by atoms with Crippen LogP contribution in [0, 0.1) is 20.8 Å². The Morgan fingerprint density at radius 1 is 1.00 bits per heavy atom. The van der Waals surface area contributed by atoms with Crippen molar-refractivity contribution in [3.63, 3.8) is 0 Å². The maximum atomic E-state index is 10.1. The molecule has 0 aliphatic carbocycles. The lowest BCUT2D eigenvalue weighted by molar-refractivity contribution is 0.476. The Morgan fingerprint density at radius 2 is 1.76 bits per heavy atom. The molecule has 2 nitrogen and oxygen atoms in total. The zero-order valence-electron chi connectivity index (χ0n) is 10.3. The molecule has 0 aliphatic heterocycles. The van der Waals surface area contributed by atoms with E-state index in [1.54, 1.807) is 0 Å². The first-order valence-electron chi connectivity index (χ1n) is 5.79. The van der Waals surface area contributed by atoms with Gasteiger partial charge in [-0.2, -0.15) is 0 Å². The van der Waals surface area contributed by atoms with Crippen LogP contribution < -0.4 is 0 Å². The van der Waals surface area contributed by atoms with Crippen molar-refractivity contribution in [2.24, 2.45) is 0 Å². The average Bonchev–Trinajstić information content (AvgIpc) is 2.62. The van der Waals surface area contributed by atoms with E-state index >= 15 is 0 Å². The fourth-order valence-electron chi connectivity index (χ4n) is 2.59. The second kappa shape index (κ2) is 3.27. The third kappa shape index (κ3) is 1.34. The molecular weight excluding hydrogens is 210 g/mol. The van der Waals surface area contributed by atoms with E-state index in [2.05, 4.69) is 37.0 Å². The zero-order valence-corrected chi connectivity index (χ0v) is 10.3. The van der Waals surface area contributed by atoms with Gasteiger partial charge in [0.25, 0.3) is 0 Å². The van der Waals surface area contributed by atoms with Crippen molar-refractivity contribution in [2.45, 2.75) is 20.8 Å². The van der Waals surface area contributed by atoms with Crippen LogP contribution in [-0.4, -0.2) is 10.1 Å². The Kier molecular flexibility index (Phi) is 1.96. The smallest absolute Gasteiger partial charge is 0.142 e. The molecule has 86 valence electrons. The maximum Gasteiger partial charge on any atom is 0.142 e. The first-order chi connectivity index (χ1) is 8.08. The van der Waals surface area contributed by atoms with Gasteiger partial charge in [0.1, 0.15) is 5.75 Å². The standard InChI is InChI=1S/C15H15NO/c1-8-6-10(3)13-11-5-4-9(2)15(17)14(11)16-12(13)7-8/h4-7,16-17H,1-3H3. The highest BCUT2D eigenvalue weighted by molar-refractivity contribution is 6.11. The molecule has 2 heteroatoms. The number of aromatic amines is 1. The zero-order chi connectivity index (χ0) is 12.2. The summed E-state index contributed by atoms with van der Waals surface area (Å²) in [5.41, 5.74) is 5.32. The molecule has 0 unspecified atom stereocenters. The molecule has 0 atom stereocenters. The molecule has 0 saturated heterocycles. The molecular formula is C15H15NO. The van der Waals surface area contributed by atoms with Crippen molar-refractivity contribution in [1.29, 1.82) is 0 Å². The molecule has 2 N–H and O–H groups in total. The van der Waals surface area contributed by atoms with Gasteiger partial charge in [-0.15, -0.1) is 0 Å². The fraction of sp³-hybridized carbons (Fsp3) is 0.200. The summed E-state index contributed by atoms with van der Waals surface area (Å²) in [6, 6.07) is 8.33. The number of phenols is 1. The highest BCUT2D eigenvalue weighted by atomic mass is 16.3. The van der Waals surface area contributed by atoms with Crippen LogP contribution >= 0.6 is 0 Å². The van der Waals surface area contributed by atoms with E-state index in [-0.39, 0.29) is 0 Å². The third-order valence-electron chi connectivity index (χ3n) is 3.39. The minimum atomic E-state index is 0.357. The topological polar surface area (TPSA) is 36.0 Å². The number of fused-ring (bicyclic) bond motifs is 3. The van der Waals surface area contributed by atoms with Crippen molar-refractivity contribution >= 4 is 21.8 Å². The number of hydrogen-bond donors (Lipinski definition) is 2. The van der Waals surface area contributed by atoms with E-state index in [4.69, 9.17) is 0 Å². The van der Waals surface area contributed by atoms with Crippen LogP contribution in [0.5, 0.6) is 5.75 Å². The average molecular weight is 225 g/mol. The van der Waals surface area contributed by atoms with Crippen molar-refractivity contribution in [3.05, 3.63) is 41.0 Å². The monoisotopic (exact) mass is 225 g/mol. The van der Waals surface area contributed by atoms with Crippen LogP contribution in [0.4, 0.5) is 0 Å². The number of benzene rings is 2. The Balaban J connectivity index is 2.59. The SMILES string of the molecule is Cc1cc(C)c2c(c1)[nH]c1c(O)c(C)ccc12. The second-order valence-corrected chi connectivity index (χ2v) is 4.78. The molecule has 2 aromatic carbocycles. The highest BCUT2D eigenvalue weighted by Crippen LogP contribution is 2.35. The lowest BCUT2D eigenvalue weighted by Crippen LogP contribution is -1.78. The molecule has 0 spiro atoms. The van der Waals surface area contributed by atoms with E-state index in [9.17, 15) is 5.11 Å². The summed E-state index contributed by atoms with van der Waals surface area (Å²) in [5.74, 6) is 0.357. The summed E-state index contributed by atoms with van der Waals surface area (Å²) in [4.78, 5) is 3.32. The Bertz CT molecular complexity index is 738. The van der Waals surface area contributed by atoms with Gasteiger partial charge in [0.05, 0.1) is 5.52 Å². The van der Waals surface area contributed by atoms with E-state index < -0.39 is 0 Å². The summed E-state index contributed by atoms with van der Waals surface area (Å²) >= 11 is 0. The van der Waals surface area contributed by atoms with Gasteiger partial charge in [-0.05, 0) is 43.5 Å². The van der Waals surface area contributed by atoms with Gasteiger partial charge in [-0.3, -0.25) is 0 Å². The van der Waals surface area contributed by atoms with Crippen LogP contribution in [0.25, 0.3) is 21.8 Å². The number of hydrogen-bond acceptors (Lipinski definition) is 1. The summed E-state index contributed by atoms with van der Waals surface area (Å²) in [5, 5.41) is 12.4. The lowest BCUT2D eigenvalue weighted by atomic mass is 10.0. The molecule has 0 fully saturated rings. The van der Waals surface area contributed by atoms with Gasteiger partial charge in [-0.1, -0.05) is 18.2 Å². The molecule has 17 heavy (non-hydrogen) atoms. The van der Waals surface area contributed by atoms with Crippen LogP contribution in [0.15, 0.2) is 24.3 Å². The molecule has 0 saturated carbocycles. The fourth-order valence-corrected chi connectivity index (χ4v) is 2.59. The van der Waals surface area contributed by atoms with Crippen LogP contribution in [0.2, 0.25) is 0 Å². The number of phenolic OH excluding ortho intramolecular Hbond substituents is 1. The summed E-state index contributed by atoms with van der Waals surface area (Å²) in [7, 11) is 0. The summed E-state index contributed by atoms with van der Waals surface area (Å²) in [6.45, 7) is 6.11. The second-order valence-electron chi connectivity index (χ2n) is 4.78. The minimum absolute atomic E-state index is 0.357. The number of nitrogens with one attached hydrogen (secondary N) is 1. The quantitative estimate of drug-likeness (QED) is 0.597. The van der Waals surface area contributed by atoms with Crippen molar-refractivity contribution in [1.82, 2.24) is 4.98 Å². The number of H-pyrrole nitrogens is 1. The molecule has 1 aromatic heterocycles. The van der Waals surface area contributed by atoms with Crippen LogP contribution in [0.1, 0.15) is 16.7 Å². The van der Waals surface area contributed by atoms with E-state index in [0.29, 0.717) is 5.75 Å².